The molecule has 23 heavy (non-hydrogen) atoms. The lowest BCUT2D eigenvalue weighted by atomic mass is 9.93. The zero-order valence-electron chi connectivity index (χ0n) is 13.2. The van der Waals surface area contributed by atoms with Gasteiger partial charge in [-0.1, -0.05) is 0 Å². The van der Waals surface area contributed by atoms with Crippen molar-refractivity contribution in [2.75, 3.05) is 24.6 Å². The normalized spacial score (nSPS) is 16.7. The fourth-order valence-electron chi connectivity index (χ4n) is 2.44. The number of piperidine rings is 1. The number of carbonyl (C=O) groups is 1. The smallest absolute Gasteiger partial charge is 0.243 e. The third-order valence-electron chi connectivity index (χ3n) is 3.67. The highest BCUT2D eigenvalue weighted by Gasteiger charge is 2.23. The molecule has 8 heteroatoms. The topological polar surface area (TPSA) is 117 Å². The average Bonchev–Trinajstić information content (AvgIpc) is 2.55. The number of nitrogens with one attached hydrogen (secondary N) is 1. The van der Waals surface area contributed by atoms with Crippen LogP contribution >= 0.6 is 0 Å². The monoisotopic (exact) mass is 318 g/mol. The number of nitriles is 1. The Kier molecular flexibility index (Phi) is 6.26. The number of anilines is 1. The van der Waals surface area contributed by atoms with E-state index in [4.69, 9.17) is 15.8 Å². The van der Waals surface area contributed by atoms with Gasteiger partial charge in [0.05, 0.1) is 24.6 Å². The van der Waals surface area contributed by atoms with Crippen LogP contribution in [0.3, 0.4) is 0 Å². The van der Waals surface area contributed by atoms with Crippen LogP contribution in [0.2, 0.25) is 0 Å². The molecule has 0 spiro atoms. The van der Waals surface area contributed by atoms with Crippen LogP contribution < -0.4 is 16.1 Å². The van der Waals surface area contributed by atoms with E-state index in [2.05, 4.69) is 20.3 Å². The van der Waals surface area contributed by atoms with Gasteiger partial charge in [-0.15, -0.1) is 0 Å². The Hall–Kier alpha value is -2.24. The van der Waals surface area contributed by atoms with E-state index in [1.165, 1.54) is 12.4 Å². The number of hydroxylamine groups is 1. The van der Waals surface area contributed by atoms with E-state index >= 15 is 0 Å². The third kappa shape index (κ3) is 5.47. The highest BCUT2D eigenvalue weighted by molar-refractivity contribution is 5.75. The largest absolute Gasteiger partial charge is 0.341 e. The molecule has 1 aliphatic rings. The SMILES string of the molecule is CC(N)CONC(=O)CC1CCN(c2ncc(C#N)cn2)CC1. The van der Waals surface area contributed by atoms with Crippen LogP contribution in [-0.2, 0) is 9.63 Å². The third-order valence-corrected chi connectivity index (χ3v) is 3.67. The fourth-order valence-corrected chi connectivity index (χ4v) is 2.44. The zero-order chi connectivity index (χ0) is 16.7. The molecule has 0 saturated carbocycles. The van der Waals surface area contributed by atoms with Gasteiger partial charge in [-0.25, -0.2) is 15.4 Å². The molecule has 1 unspecified atom stereocenters. The predicted molar refractivity (Wildman–Crippen MR) is 84.0 cm³/mol. The zero-order valence-corrected chi connectivity index (χ0v) is 13.2. The Morgan fingerprint density at radius 1 is 1.52 bits per heavy atom. The second-order valence-corrected chi connectivity index (χ2v) is 5.83. The molecule has 1 saturated heterocycles. The Morgan fingerprint density at radius 3 is 2.74 bits per heavy atom. The highest BCUT2D eigenvalue weighted by Crippen LogP contribution is 2.22. The molecule has 1 amide bonds. The molecule has 3 N–H and O–H groups in total. The van der Waals surface area contributed by atoms with Crippen LogP contribution in [-0.4, -0.2) is 41.6 Å². The minimum atomic E-state index is -0.112. The summed E-state index contributed by atoms with van der Waals surface area (Å²) in [5.41, 5.74) is 8.42. The van der Waals surface area contributed by atoms with Crippen molar-refractivity contribution in [2.24, 2.45) is 11.7 Å². The van der Waals surface area contributed by atoms with E-state index in [0.29, 0.717) is 30.5 Å². The van der Waals surface area contributed by atoms with Crippen molar-refractivity contribution in [1.29, 1.82) is 5.26 Å². The molecule has 0 radical (unpaired) electrons. The van der Waals surface area contributed by atoms with Gasteiger partial charge in [0.25, 0.3) is 0 Å². The fraction of sp³-hybridized carbons (Fsp3) is 0.600. The predicted octanol–water partition coefficient (Wildman–Crippen LogP) is 0.350. The van der Waals surface area contributed by atoms with Crippen molar-refractivity contribution >= 4 is 11.9 Å². The second kappa shape index (κ2) is 8.41. The minimum Gasteiger partial charge on any atom is -0.341 e. The molecule has 1 aromatic rings. The first kappa shape index (κ1) is 17.1. The summed E-state index contributed by atoms with van der Waals surface area (Å²) in [6, 6.07) is 1.90. The van der Waals surface area contributed by atoms with Crippen LogP contribution in [0.15, 0.2) is 12.4 Å². The molecular weight excluding hydrogens is 296 g/mol. The summed E-state index contributed by atoms with van der Waals surface area (Å²) in [5.74, 6) is 0.842. The molecule has 124 valence electrons. The van der Waals surface area contributed by atoms with Crippen LogP contribution in [0, 0.1) is 17.2 Å². The molecule has 0 bridgehead atoms. The standard InChI is InChI=1S/C15H22N6O2/c1-11(17)10-23-20-14(22)6-12-2-4-21(5-3-12)15-18-8-13(7-16)9-19-15/h8-9,11-12H,2-6,10,17H2,1H3,(H,20,22). The molecule has 8 nitrogen and oxygen atoms in total. The maximum absolute atomic E-state index is 11.8. The molecule has 2 rings (SSSR count). The van der Waals surface area contributed by atoms with Gasteiger partial charge >= 0.3 is 0 Å². The number of hydrogen-bond donors (Lipinski definition) is 2. The first-order valence-electron chi connectivity index (χ1n) is 7.71. The molecule has 1 aliphatic heterocycles. The number of rotatable bonds is 6. The first-order valence-corrected chi connectivity index (χ1v) is 7.71. The maximum atomic E-state index is 11.8. The van der Waals surface area contributed by atoms with Crippen molar-refractivity contribution in [2.45, 2.75) is 32.2 Å². The quantitative estimate of drug-likeness (QED) is 0.727. The van der Waals surface area contributed by atoms with Crippen molar-refractivity contribution in [3.8, 4) is 6.07 Å². The summed E-state index contributed by atoms with van der Waals surface area (Å²) in [4.78, 5) is 27.3. The average molecular weight is 318 g/mol. The van der Waals surface area contributed by atoms with E-state index in [1.54, 1.807) is 0 Å². The number of nitrogens with zero attached hydrogens (tertiary/aromatic N) is 4. The minimum absolute atomic E-state index is 0.106. The number of hydrogen-bond acceptors (Lipinski definition) is 7. The van der Waals surface area contributed by atoms with E-state index in [1.807, 2.05) is 13.0 Å². The molecule has 2 heterocycles. The molecule has 0 aromatic carbocycles. The van der Waals surface area contributed by atoms with E-state index in [0.717, 1.165) is 25.9 Å². The van der Waals surface area contributed by atoms with E-state index in [9.17, 15) is 4.79 Å². The maximum Gasteiger partial charge on any atom is 0.243 e. The highest BCUT2D eigenvalue weighted by atomic mass is 16.7. The van der Waals surface area contributed by atoms with Gasteiger partial charge in [-0.2, -0.15) is 5.26 Å². The van der Waals surface area contributed by atoms with Gasteiger partial charge in [-0.05, 0) is 25.7 Å². The lowest BCUT2D eigenvalue weighted by Gasteiger charge is -2.31. The molecule has 1 atom stereocenters. The Balaban J connectivity index is 1.73. The molecule has 0 aliphatic carbocycles. The lowest BCUT2D eigenvalue weighted by molar-refractivity contribution is -0.134. The van der Waals surface area contributed by atoms with Crippen molar-refractivity contribution in [3.63, 3.8) is 0 Å². The Bertz CT molecular complexity index is 546. The van der Waals surface area contributed by atoms with Gasteiger partial charge in [0.1, 0.15) is 6.07 Å². The van der Waals surface area contributed by atoms with Crippen molar-refractivity contribution < 1.29 is 9.63 Å². The number of aromatic nitrogens is 2. The summed E-state index contributed by atoms with van der Waals surface area (Å²) in [6.45, 7) is 3.71. The molecular formula is C15H22N6O2. The van der Waals surface area contributed by atoms with Crippen LogP contribution in [0.4, 0.5) is 5.95 Å². The Labute approximate surface area is 135 Å². The Morgan fingerprint density at radius 2 is 2.17 bits per heavy atom. The molecule has 1 aromatic heterocycles. The van der Waals surface area contributed by atoms with Crippen LogP contribution in [0.25, 0.3) is 0 Å². The van der Waals surface area contributed by atoms with E-state index in [-0.39, 0.29) is 11.9 Å². The van der Waals surface area contributed by atoms with Gasteiger partial charge < -0.3 is 10.6 Å². The van der Waals surface area contributed by atoms with Gasteiger partial charge in [0.2, 0.25) is 11.9 Å². The number of nitrogens with two attached hydrogens (primary N) is 1. The van der Waals surface area contributed by atoms with Crippen molar-refractivity contribution in [3.05, 3.63) is 18.0 Å². The summed E-state index contributed by atoms with van der Waals surface area (Å²) < 4.78 is 0. The molecule has 1 fully saturated rings. The van der Waals surface area contributed by atoms with Gasteiger partial charge in [-0.3, -0.25) is 9.63 Å². The van der Waals surface area contributed by atoms with E-state index < -0.39 is 0 Å². The summed E-state index contributed by atoms with van der Waals surface area (Å²) in [5, 5.41) is 8.75. The number of carbonyl (C=O) groups excluding carboxylic acids is 1. The van der Waals surface area contributed by atoms with Gasteiger partial charge in [0, 0.05) is 25.6 Å². The summed E-state index contributed by atoms with van der Waals surface area (Å²) in [6.07, 6.45) is 5.28. The summed E-state index contributed by atoms with van der Waals surface area (Å²) >= 11 is 0. The first-order chi connectivity index (χ1) is 11.1. The van der Waals surface area contributed by atoms with Gasteiger partial charge in [0.15, 0.2) is 0 Å². The second-order valence-electron chi connectivity index (χ2n) is 5.83. The van der Waals surface area contributed by atoms with Crippen LogP contribution in [0.5, 0.6) is 0 Å². The van der Waals surface area contributed by atoms with Crippen molar-refractivity contribution in [1.82, 2.24) is 15.4 Å². The van der Waals surface area contributed by atoms with Crippen LogP contribution in [0.1, 0.15) is 31.7 Å². The summed E-state index contributed by atoms with van der Waals surface area (Å²) in [7, 11) is 0. The lowest BCUT2D eigenvalue weighted by Crippen LogP contribution is -2.37. The number of amides is 1.